The first kappa shape index (κ1) is 19.8. The third-order valence-electron chi connectivity index (χ3n) is 4.37. The molecule has 0 aliphatic rings. The Balaban J connectivity index is 1.77. The summed E-state index contributed by atoms with van der Waals surface area (Å²) in [6.45, 7) is 5.75. The van der Waals surface area contributed by atoms with E-state index in [0.29, 0.717) is 11.4 Å². The first-order chi connectivity index (χ1) is 13.4. The molecule has 2 N–H and O–H groups in total. The number of aryl methyl sites for hydroxylation is 2. The molecule has 1 amide bonds. The fourth-order valence-corrected chi connectivity index (χ4v) is 3.44. The quantitative estimate of drug-likeness (QED) is 0.491. The second-order valence-electron chi connectivity index (χ2n) is 6.37. The Labute approximate surface area is 166 Å². The van der Waals surface area contributed by atoms with Crippen LogP contribution in [0.15, 0.2) is 56.8 Å². The number of carbonyl (C=O) groups excluding carboxylic acids is 1. The van der Waals surface area contributed by atoms with Gasteiger partial charge in [-0.3, -0.25) is 9.32 Å². The maximum atomic E-state index is 12.6. The van der Waals surface area contributed by atoms with E-state index in [1.807, 2.05) is 32.0 Å². The zero-order valence-electron chi connectivity index (χ0n) is 16.1. The Kier molecular flexibility index (Phi) is 5.89. The Hall–Kier alpha value is -3.00. The molecular weight excluding hydrogens is 378 g/mol. The normalized spacial score (nSPS) is 11.9. The van der Waals surface area contributed by atoms with Crippen molar-refractivity contribution in [3.8, 4) is 11.4 Å². The third kappa shape index (κ3) is 4.28. The van der Waals surface area contributed by atoms with Gasteiger partial charge in [-0.25, -0.2) is 4.79 Å². The fourth-order valence-electron chi connectivity index (χ4n) is 2.55. The van der Waals surface area contributed by atoms with Crippen LogP contribution in [0.1, 0.15) is 18.1 Å². The van der Waals surface area contributed by atoms with Crippen LogP contribution in [0, 0.1) is 13.8 Å². The van der Waals surface area contributed by atoms with Crippen LogP contribution in [0.3, 0.4) is 0 Å². The van der Waals surface area contributed by atoms with Gasteiger partial charge in [-0.15, -0.1) is 0 Å². The third-order valence-corrected chi connectivity index (χ3v) is 5.51. The first-order valence-electron chi connectivity index (χ1n) is 8.71. The lowest BCUT2D eigenvalue weighted by atomic mass is 10.1. The largest absolute Gasteiger partial charge is 0.497 e. The molecule has 1 atom stereocenters. The highest BCUT2D eigenvalue weighted by atomic mass is 32.2. The van der Waals surface area contributed by atoms with Gasteiger partial charge in [-0.05, 0) is 77.9 Å². The number of ether oxygens (including phenoxy) is 1. The molecule has 8 heteroatoms. The summed E-state index contributed by atoms with van der Waals surface area (Å²) < 4.78 is 11.6. The van der Waals surface area contributed by atoms with E-state index in [4.69, 9.17) is 9.26 Å². The molecule has 1 unspecified atom stereocenters. The van der Waals surface area contributed by atoms with Crippen molar-refractivity contribution in [2.45, 2.75) is 31.0 Å². The predicted molar refractivity (Wildman–Crippen MR) is 107 cm³/mol. The molecule has 0 aliphatic carbocycles. The van der Waals surface area contributed by atoms with Gasteiger partial charge in [0.1, 0.15) is 5.75 Å². The maximum absolute atomic E-state index is 12.6. The molecule has 1 aromatic heterocycles. The molecule has 7 nitrogen and oxygen atoms in total. The zero-order chi connectivity index (χ0) is 20.3. The van der Waals surface area contributed by atoms with E-state index >= 15 is 0 Å². The van der Waals surface area contributed by atoms with Crippen LogP contribution >= 0.6 is 11.8 Å². The smallest absolute Gasteiger partial charge is 0.442 e. The molecular formula is C20H22N3O4S+. The van der Waals surface area contributed by atoms with Gasteiger partial charge in [0.2, 0.25) is 11.6 Å². The zero-order valence-corrected chi connectivity index (χ0v) is 16.9. The summed E-state index contributed by atoms with van der Waals surface area (Å²) in [7, 11) is 1.58. The Morgan fingerprint density at radius 3 is 2.54 bits per heavy atom. The molecule has 0 bridgehead atoms. The summed E-state index contributed by atoms with van der Waals surface area (Å²) in [5.74, 6) is 0.501. The molecule has 0 radical (unpaired) electrons. The van der Waals surface area contributed by atoms with Crippen molar-refractivity contribution >= 4 is 23.4 Å². The molecule has 2 aromatic carbocycles. The minimum atomic E-state index is -0.536. The number of aromatic amines is 1. The van der Waals surface area contributed by atoms with E-state index < -0.39 is 10.9 Å². The average molecular weight is 400 g/mol. The van der Waals surface area contributed by atoms with E-state index in [0.717, 1.165) is 28.6 Å². The summed E-state index contributed by atoms with van der Waals surface area (Å²) in [5.41, 5.74) is 3.14. The average Bonchev–Trinajstić information content (AvgIpc) is 3.05. The standard InChI is InChI=1S/C20H21N3O4S/c1-12-5-6-15(11-13(12)2)21-18(24)14(3)28-19-20(25)27-22-23(19)16-7-9-17(26-4)10-8-16/h5-11,14H,1-4H3,(H-,21,22,24,25)/p+1. The van der Waals surface area contributed by atoms with E-state index in [1.165, 1.54) is 4.68 Å². The van der Waals surface area contributed by atoms with Crippen molar-refractivity contribution in [1.29, 1.82) is 0 Å². The minimum absolute atomic E-state index is 0.199. The Bertz CT molecular complexity index is 1040. The number of carbonyl (C=O) groups is 1. The second kappa shape index (κ2) is 8.35. The van der Waals surface area contributed by atoms with Crippen molar-refractivity contribution in [2.75, 3.05) is 12.4 Å². The number of aromatic nitrogens is 2. The summed E-state index contributed by atoms with van der Waals surface area (Å²) >= 11 is 1.13. The monoisotopic (exact) mass is 400 g/mol. The lowest BCUT2D eigenvalue weighted by Gasteiger charge is -2.11. The molecule has 0 saturated heterocycles. The van der Waals surface area contributed by atoms with Crippen LogP contribution in [0.4, 0.5) is 5.69 Å². The number of amides is 1. The van der Waals surface area contributed by atoms with Crippen LogP contribution in [0.5, 0.6) is 5.75 Å². The van der Waals surface area contributed by atoms with Gasteiger partial charge in [0.15, 0.2) is 0 Å². The van der Waals surface area contributed by atoms with Gasteiger partial charge < -0.3 is 10.1 Å². The topological polar surface area (TPSA) is 88.2 Å². The van der Waals surface area contributed by atoms with Crippen molar-refractivity contribution in [2.24, 2.45) is 0 Å². The number of nitrogens with zero attached hydrogens (tertiary/aromatic N) is 1. The van der Waals surface area contributed by atoms with E-state index in [2.05, 4.69) is 10.6 Å². The number of thioether (sulfide) groups is 1. The molecule has 0 fully saturated rings. The van der Waals surface area contributed by atoms with Crippen molar-refractivity contribution < 1.29 is 18.7 Å². The molecule has 1 heterocycles. The fraction of sp³-hybridized carbons (Fsp3) is 0.250. The van der Waals surface area contributed by atoms with Crippen LogP contribution < -0.4 is 20.4 Å². The number of methoxy groups -OCH3 is 1. The molecule has 0 spiro atoms. The van der Waals surface area contributed by atoms with Gasteiger partial charge >= 0.3 is 10.7 Å². The number of nitrogens with one attached hydrogen (secondary N) is 2. The molecule has 0 saturated carbocycles. The number of benzene rings is 2. The Morgan fingerprint density at radius 2 is 1.89 bits per heavy atom. The lowest BCUT2D eigenvalue weighted by molar-refractivity contribution is -0.704. The van der Waals surface area contributed by atoms with Crippen LogP contribution in [-0.2, 0) is 4.79 Å². The summed E-state index contributed by atoms with van der Waals surface area (Å²) in [5, 5.41) is 5.23. The van der Waals surface area contributed by atoms with E-state index in [1.54, 1.807) is 38.3 Å². The number of rotatable bonds is 6. The van der Waals surface area contributed by atoms with Crippen molar-refractivity contribution in [3.63, 3.8) is 0 Å². The summed E-state index contributed by atoms with van der Waals surface area (Å²) in [6, 6.07) is 12.9. The molecule has 28 heavy (non-hydrogen) atoms. The lowest BCUT2D eigenvalue weighted by Crippen LogP contribution is -2.37. The number of anilines is 1. The highest BCUT2D eigenvalue weighted by Crippen LogP contribution is 2.21. The summed E-state index contributed by atoms with van der Waals surface area (Å²) in [6.07, 6.45) is 0. The molecule has 0 aliphatic heterocycles. The minimum Gasteiger partial charge on any atom is -0.497 e. The predicted octanol–water partition coefficient (Wildman–Crippen LogP) is 2.99. The molecule has 146 valence electrons. The molecule has 3 rings (SSSR count). The van der Waals surface area contributed by atoms with E-state index in [9.17, 15) is 9.59 Å². The van der Waals surface area contributed by atoms with Crippen LogP contribution in [0.25, 0.3) is 5.69 Å². The van der Waals surface area contributed by atoms with Crippen molar-refractivity contribution in [1.82, 2.24) is 5.27 Å². The van der Waals surface area contributed by atoms with E-state index in [-0.39, 0.29) is 10.9 Å². The van der Waals surface area contributed by atoms with Gasteiger partial charge in [0, 0.05) is 17.8 Å². The molecule has 3 aromatic rings. The number of hydrogen-bond donors (Lipinski definition) is 2. The van der Waals surface area contributed by atoms with Gasteiger partial charge in [0.05, 0.1) is 12.4 Å². The van der Waals surface area contributed by atoms with Gasteiger partial charge in [0.25, 0.3) is 0 Å². The van der Waals surface area contributed by atoms with Gasteiger partial charge in [-0.2, -0.15) is 0 Å². The maximum Gasteiger partial charge on any atom is 0.442 e. The first-order valence-corrected chi connectivity index (χ1v) is 9.59. The second-order valence-corrected chi connectivity index (χ2v) is 7.70. The summed E-state index contributed by atoms with van der Waals surface area (Å²) in [4.78, 5) is 24.7. The van der Waals surface area contributed by atoms with Crippen LogP contribution in [-0.4, -0.2) is 23.5 Å². The number of H-pyrrole nitrogens is 1. The SMILES string of the molecule is COc1ccc(-[n+]2[nH]oc(=O)c2SC(C)C(=O)Nc2ccc(C)c(C)c2)cc1. The highest BCUT2D eigenvalue weighted by Gasteiger charge is 2.29. The van der Waals surface area contributed by atoms with Gasteiger partial charge in [-0.1, -0.05) is 6.07 Å². The van der Waals surface area contributed by atoms with Crippen LogP contribution in [0.2, 0.25) is 0 Å². The number of hydrogen-bond acceptors (Lipinski definition) is 5. The van der Waals surface area contributed by atoms with Crippen molar-refractivity contribution in [3.05, 3.63) is 64.0 Å². The Morgan fingerprint density at radius 1 is 1.18 bits per heavy atom. The highest BCUT2D eigenvalue weighted by molar-refractivity contribution is 8.00.